The van der Waals surface area contributed by atoms with Gasteiger partial charge in [-0.15, -0.1) is 0 Å². The van der Waals surface area contributed by atoms with Crippen molar-refractivity contribution in [3.63, 3.8) is 0 Å². The first-order chi connectivity index (χ1) is 20.7. The van der Waals surface area contributed by atoms with Crippen molar-refractivity contribution in [2.75, 3.05) is 26.7 Å². The first-order valence-corrected chi connectivity index (χ1v) is 15.3. The minimum Gasteiger partial charge on any atom is -0.348 e. The van der Waals surface area contributed by atoms with E-state index in [2.05, 4.69) is 72.7 Å². The number of benzene rings is 1. The average Bonchev–Trinajstić information content (AvgIpc) is 3.17. The summed E-state index contributed by atoms with van der Waals surface area (Å²) in [5.41, 5.74) is 4.52. The third-order valence-electron chi connectivity index (χ3n) is 7.07. The zero-order chi connectivity index (χ0) is 31.8. The van der Waals surface area contributed by atoms with Crippen molar-refractivity contribution in [1.82, 2.24) is 20.4 Å². The van der Waals surface area contributed by atoms with Gasteiger partial charge in [0.2, 0.25) is 0 Å². The summed E-state index contributed by atoms with van der Waals surface area (Å²) in [5.74, 6) is 0.110. The summed E-state index contributed by atoms with van der Waals surface area (Å²) in [7, 11) is 1.81. The number of hydrogen-bond donors (Lipinski definition) is 3. The normalized spacial score (nSPS) is 14.7. The van der Waals surface area contributed by atoms with Crippen LogP contribution in [0.3, 0.4) is 0 Å². The number of amides is 1. The van der Waals surface area contributed by atoms with E-state index in [0.717, 1.165) is 36.2 Å². The summed E-state index contributed by atoms with van der Waals surface area (Å²) in [6.45, 7) is 16.8. The van der Waals surface area contributed by atoms with Crippen molar-refractivity contribution >= 4 is 46.9 Å². The van der Waals surface area contributed by atoms with Gasteiger partial charge in [-0.3, -0.25) is 25.1 Å². The summed E-state index contributed by atoms with van der Waals surface area (Å²) < 4.78 is 0. The number of aliphatic imine (C=N–C) groups is 2. The van der Waals surface area contributed by atoms with Crippen molar-refractivity contribution in [1.29, 1.82) is 5.41 Å². The molecule has 1 unspecified atom stereocenters. The third-order valence-corrected chi connectivity index (χ3v) is 7.70. The molecule has 1 aromatic rings. The van der Waals surface area contributed by atoms with E-state index in [1.165, 1.54) is 11.8 Å². The number of halogens is 2. The highest BCUT2D eigenvalue weighted by Gasteiger charge is 2.22. The Balaban J connectivity index is 2.23. The van der Waals surface area contributed by atoms with Gasteiger partial charge in [0.15, 0.2) is 0 Å². The predicted molar refractivity (Wildman–Crippen MR) is 183 cm³/mol. The number of allylic oxidation sites excluding steroid dienone is 2. The third kappa shape index (κ3) is 11.4. The van der Waals surface area contributed by atoms with E-state index < -0.39 is 0 Å². The van der Waals surface area contributed by atoms with Gasteiger partial charge < -0.3 is 15.5 Å². The van der Waals surface area contributed by atoms with Gasteiger partial charge >= 0.3 is 0 Å². The van der Waals surface area contributed by atoms with Gasteiger partial charge in [-0.25, -0.2) is 0 Å². The fourth-order valence-corrected chi connectivity index (χ4v) is 5.18. The molecular formula is C33H45Cl2N7O. The zero-order valence-electron chi connectivity index (χ0n) is 25.8. The van der Waals surface area contributed by atoms with Gasteiger partial charge in [0.05, 0.1) is 22.9 Å². The Hall–Kier alpha value is -3.30. The smallest absolute Gasteiger partial charge is 0.254 e. The molecule has 1 aliphatic rings. The molecule has 43 heavy (non-hydrogen) atoms. The van der Waals surface area contributed by atoms with Crippen LogP contribution in [0, 0.1) is 5.41 Å². The Morgan fingerprint density at radius 1 is 1.28 bits per heavy atom. The summed E-state index contributed by atoms with van der Waals surface area (Å²) in [4.78, 5) is 25.7. The van der Waals surface area contributed by atoms with Crippen LogP contribution in [0.1, 0.15) is 51.2 Å². The molecule has 0 bridgehead atoms. The van der Waals surface area contributed by atoms with Gasteiger partial charge in [-0.05, 0) is 43.2 Å². The van der Waals surface area contributed by atoms with Crippen LogP contribution in [0.4, 0.5) is 0 Å². The zero-order valence-corrected chi connectivity index (χ0v) is 27.3. The van der Waals surface area contributed by atoms with Gasteiger partial charge in [-0.1, -0.05) is 80.0 Å². The van der Waals surface area contributed by atoms with Crippen LogP contribution in [-0.2, 0) is 17.9 Å². The van der Waals surface area contributed by atoms with E-state index in [4.69, 9.17) is 33.6 Å². The van der Waals surface area contributed by atoms with Crippen LogP contribution < -0.4 is 10.6 Å². The minimum atomic E-state index is -0.337. The second kappa shape index (κ2) is 19.1. The van der Waals surface area contributed by atoms with Crippen LogP contribution in [-0.4, -0.2) is 66.2 Å². The van der Waals surface area contributed by atoms with Gasteiger partial charge in [0, 0.05) is 69.3 Å². The molecule has 0 radical (unpaired) electrons. The summed E-state index contributed by atoms with van der Waals surface area (Å²) in [5, 5.41) is 15.1. The van der Waals surface area contributed by atoms with Gasteiger partial charge in [0.1, 0.15) is 5.84 Å². The maximum atomic E-state index is 12.9. The Kier molecular flexibility index (Phi) is 15.9. The molecule has 1 atom stereocenters. The van der Waals surface area contributed by atoms with E-state index in [1.807, 2.05) is 19.2 Å². The Labute approximate surface area is 267 Å². The first kappa shape index (κ1) is 35.9. The molecular weight excluding hydrogens is 581 g/mol. The molecule has 1 heterocycles. The van der Waals surface area contributed by atoms with Crippen LogP contribution in [0.2, 0.25) is 0 Å². The Morgan fingerprint density at radius 2 is 2.02 bits per heavy atom. The predicted octanol–water partition coefficient (Wildman–Crippen LogP) is 6.51. The number of nitrogens with one attached hydrogen (secondary N) is 3. The molecule has 0 saturated heterocycles. The molecule has 232 valence electrons. The molecule has 2 rings (SSSR count). The molecule has 1 aromatic carbocycles. The second-order valence-electron chi connectivity index (χ2n) is 10.1. The lowest BCUT2D eigenvalue weighted by Gasteiger charge is -2.31. The molecule has 3 N–H and O–H groups in total. The standard InChI is InChI=1S/C33H45Cl2N7O/c1-7-12-27(8-2)32(39-9-3)24(5)42(18-17-38-22-30(36)41(6)10-4)23-26-14-11-13-25(19-26)20-40-33(43)31-28(34)15-16-37-21-29(31)35/h8-11,13-14,16,19,21,24,36,38H,3-4,7,12,15,17-18,20,22-23H2,1-2,5-6H3,(H,40,43)/b27-8-,36-30?,39-32?. The van der Waals surface area contributed by atoms with E-state index in [1.54, 1.807) is 23.5 Å². The summed E-state index contributed by atoms with van der Waals surface area (Å²) >= 11 is 12.6. The highest BCUT2D eigenvalue weighted by atomic mass is 35.5. The van der Waals surface area contributed by atoms with Crippen molar-refractivity contribution in [3.8, 4) is 0 Å². The van der Waals surface area contributed by atoms with E-state index >= 15 is 0 Å². The monoisotopic (exact) mass is 625 g/mol. The van der Waals surface area contributed by atoms with Crippen molar-refractivity contribution in [2.24, 2.45) is 9.98 Å². The summed E-state index contributed by atoms with van der Waals surface area (Å²) in [6.07, 6.45) is 10.7. The highest BCUT2D eigenvalue weighted by Crippen LogP contribution is 2.26. The summed E-state index contributed by atoms with van der Waals surface area (Å²) in [6, 6.07) is 8.17. The SMILES string of the molecule is C=CN=C(/C(=C\C)CCC)C(C)N(CCNCC(=N)N(C)C=C)Cc1cccc(CNC(=O)C2=C(Cl)CC=NC=C2Cl)c1. The maximum Gasteiger partial charge on any atom is 0.254 e. The van der Waals surface area contributed by atoms with Crippen molar-refractivity contribution < 1.29 is 4.79 Å². The lowest BCUT2D eigenvalue weighted by Crippen LogP contribution is -2.44. The van der Waals surface area contributed by atoms with Gasteiger partial charge in [-0.2, -0.15) is 0 Å². The van der Waals surface area contributed by atoms with Crippen LogP contribution in [0.15, 0.2) is 93.3 Å². The molecule has 1 aliphatic heterocycles. The fraction of sp³-hybridized carbons (Fsp3) is 0.394. The molecule has 0 aliphatic carbocycles. The van der Waals surface area contributed by atoms with Crippen molar-refractivity contribution in [2.45, 2.75) is 59.2 Å². The number of nitrogens with zero attached hydrogens (tertiary/aromatic N) is 4. The first-order valence-electron chi connectivity index (χ1n) is 14.5. The lowest BCUT2D eigenvalue weighted by molar-refractivity contribution is -0.117. The Morgan fingerprint density at radius 3 is 2.70 bits per heavy atom. The van der Waals surface area contributed by atoms with E-state index in [9.17, 15) is 4.79 Å². The van der Waals surface area contributed by atoms with E-state index in [0.29, 0.717) is 43.5 Å². The lowest BCUT2D eigenvalue weighted by atomic mass is 9.98. The molecule has 0 spiro atoms. The molecule has 0 saturated carbocycles. The van der Waals surface area contributed by atoms with Crippen LogP contribution in [0.25, 0.3) is 0 Å². The van der Waals surface area contributed by atoms with Crippen LogP contribution >= 0.6 is 23.2 Å². The number of amidine groups is 1. The van der Waals surface area contributed by atoms with Gasteiger partial charge in [0.25, 0.3) is 5.91 Å². The number of carbonyl (C=O) groups excluding carboxylic acids is 1. The largest absolute Gasteiger partial charge is 0.348 e. The highest BCUT2D eigenvalue weighted by molar-refractivity contribution is 6.40. The number of rotatable bonds is 17. The molecule has 1 amide bonds. The topological polar surface area (TPSA) is 96.2 Å². The minimum absolute atomic E-state index is 0.0108. The Bertz CT molecular complexity index is 1300. The van der Waals surface area contributed by atoms with E-state index in [-0.39, 0.29) is 22.6 Å². The fourth-order valence-electron chi connectivity index (χ4n) is 4.62. The average molecular weight is 627 g/mol. The molecule has 0 fully saturated rings. The van der Waals surface area contributed by atoms with Crippen molar-refractivity contribution in [3.05, 3.63) is 94.4 Å². The molecule has 0 aromatic heterocycles. The van der Waals surface area contributed by atoms with Crippen LogP contribution in [0.5, 0.6) is 0 Å². The molecule has 8 nitrogen and oxygen atoms in total. The number of likely N-dealkylation sites (N-methyl/N-ethyl adjacent to an activating group) is 1. The molecule has 10 heteroatoms. The second-order valence-corrected chi connectivity index (χ2v) is 11.0. The number of carbonyl (C=O) groups is 1. The maximum absolute atomic E-state index is 12.9. The quantitative estimate of drug-likeness (QED) is 0.104. The number of hydrogen-bond acceptors (Lipinski definition) is 6.